The van der Waals surface area contributed by atoms with Gasteiger partial charge in [-0.3, -0.25) is 4.90 Å². The number of pyridine rings is 1. The number of aryl methyl sites for hydroxylation is 1. The van der Waals surface area contributed by atoms with Crippen LogP contribution in [0.25, 0.3) is 11.0 Å². The number of fused-ring (bicyclic) bond motifs is 3. The van der Waals surface area contributed by atoms with Gasteiger partial charge in [-0.2, -0.15) is 5.26 Å². The number of aromatic carboxylic acids is 1. The van der Waals surface area contributed by atoms with E-state index in [1.54, 1.807) is 36.4 Å². The van der Waals surface area contributed by atoms with E-state index in [-0.39, 0.29) is 23.8 Å². The van der Waals surface area contributed by atoms with Gasteiger partial charge in [0.05, 0.1) is 34.3 Å². The van der Waals surface area contributed by atoms with Crippen molar-refractivity contribution in [1.29, 1.82) is 5.26 Å². The number of hydrogen-bond acceptors (Lipinski definition) is 6. The quantitative estimate of drug-likeness (QED) is 0.387. The van der Waals surface area contributed by atoms with E-state index in [1.807, 2.05) is 18.2 Å². The van der Waals surface area contributed by atoms with Gasteiger partial charge < -0.3 is 14.4 Å². The number of likely N-dealkylation sites (tertiary alicyclic amines) is 1. The Balaban J connectivity index is 1.10. The number of halogens is 1. The molecule has 9 heteroatoms. The van der Waals surface area contributed by atoms with Gasteiger partial charge in [0.2, 0.25) is 5.88 Å². The molecule has 2 aromatic carbocycles. The van der Waals surface area contributed by atoms with Crippen LogP contribution in [-0.2, 0) is 13.2 Å². The fraction of sp³-hybridized carbons (Fsp3) is 0.310. The van der Waals surface area contributed by atoms with Gasteiger partial charge in [0.25, 0.3) is 0 Å². The summed E-state index contributed by atoms with van der Waals surface area (Å²) in [6, 6.07) is 17.3. The molecule has 0 bridgehead atoms. The van der Waals surface area contributed by atoms with Crippen LogP contribution < -0.4 is 4.74 Å². The maximum absolute atomic E-state index is 14.2. The van der Waals surface area contributed by atoms with Gasteiger partial charge in [-0.05, 0) is 68.8 Å². The van der Waals surface area contributed by atoms with E-state index in [0.717, 1.165) is 61.4 Å². The van der Waals surface area contributed by atoms with Gasteiger partial charge >= 0.3 is 5.97 Å². The molecule has 4 heterocycles. The summed E-state index contributed by atoms with van der Waals surface area (Å²) in [5.74, 6) is 0.391. The smallest absolute Gasteiger partial charge is 0.335 e. The predicted octanol–water partition coefficient (Wildman–Crippen LogP) is 5.04. The van der Waals surface area contributed by atoms with Gasteiger partial charge in [0.15, 0.2) is 0 Å². The summed E-state index contributed by atoms with van der Waals surface area (Å²) >= 11 is 0. The summed E-state index contributed by atoms with van der Waals surface area (Å²) in [5, 5.41) is 18.3. The fourth-order valence-corrected chi connectivity index (χ4v) is 5.62. The highest BCUT2D eigenvalue weighted by Crippen LogP contribution is 2.38. The van der Waals surface area contributed by atoms with Crippen LogP contribution in [0.2, 0.25) is 0 Å². The van der Waals surface area contributed by atoms with Crippen LogP contribution in [0.3, 0.4) is 0 Å². The SMILES string of the molecule is N#Cc1ccc(COc2cccc(C3CCN(C4CCn5c4nc4ccc(C(=O)O)cc45)CC3)n2)c(F)c1. The highest BCUT2D eigenvalue weighted by Gasteiger charge is 2.34. The van der Waals surface area contributed by atoms with E-state index < -0.39 is 11.8 Å². The van der Waals surface area contributed by atoms with E-state index in [0.29, 0.717) is 17.4 Å². The first kappa shape index (κ1) is 24.1. The number of piperidine rings is 1. The number of carboxylic acid groups (broad SMARTS) is 1. The Labute approximate surface area is 218 Å². The molecule has 2 aromatic heterocycles. The lowest BCUT2D eigenvalue weighted by molar-refractivity contribution is 0.0697. The molecule has 1 N–H and O–H groups in total. The second-order valence-electron chi connectivity index (χ2n) is 9.85. The van der Waals surface area contributed by atoms with Crippen molar-refractivity contribution < 1.29 is 19.0 Å². The van der Waals surface area contributed by atoms with Crippen molar-refractivity contribution >= 4 is 17.0 Å². The second-order valence-corrected chi connectivity index (χ2v) is 9.85. The zero-order valence-electron chi connectivity index (χ0n) is 20.7. The lowest BCUT2D eigenvalue weighted by Gasteiger charge is -2.35. The molecule has 1 fully saturated rings. The molecule has 6 rings (SSSR count). The number of hydrogen-bond donors (Lipinski definition) is 1. The number of ether oxygens (including phenoxy) is 1. The minimum atomic E-state index is -0.927. The number of imidazole rings is 1. The van der Waals surface area contributed by atoms with Gasteiger partial charge in [-0.15, -0.1) is 0 Å². The van der Waals surface area contributed by atoms with Crippen molar-refractivity contribution in [2.24, 2.45) is 0 Å². The Morgan fingerprint density at radius 3 is 2.68 bits per heavy atom. The van der Waals surface area contributed by atoms with Crippen LogP contribution in [0.1, 0.15) is 64.2 Å². The van der Waals surface area contributed by atoms with Crippen molar-refractivity contribution in [1.82, 2.24) is 19.4 Å². The Kier molecular flexibility index (Phi) is 6.26. The van der Waals surface area contributed by atoms with E-state index in [1.165, 1.54) is 6.07 Å². The number of benzene rings is 2. The summed E-state index contributed by atoms with van der Waals surface area (Å²) in [7, 11) is 0. The molecule has 1 unspecified atom stereocenters. The van der Waals surface area contributed by atoms with Crippen LogP contribution in [0.5, 0.6) is 5.88 Å². The molecule has 2 aliphatic rings. The number of aromatic nitrogens is 3. The average molecular weight is 512 g/mol. The third-order valence-corrected chi connectivity index (χ3v) is 7.64. The zero-order valence-corrected chi connectivity index (χ0v) is 20.7. The van der Waals surface area contributed by atoms with E-state index >= 15 is 0 Å². The Morgan fingerprint density at radius 2 is 1.92 bits per heavy atom. The molecule has 38 heavy (non-hydrogen) atoms. The van der Waals surface area contributed by atoms with Crippen LogP contribution in [0.4, 0.5) is 4.39 Å². The maximum Gasteiger partial charge on any atom is 0.335 e. The highest BCUT2D eigenvalue weighted by atomic mass is 19.1. The van der Waals surface area contributed by atoms with E-state index in [4.69, 9.17) is 20.0 Å². The fourth-order valence-electron chi connectivity index (χ4n) is 5.62. The minimum Gasteiger partial charge on any atom is -0.478 e. The summed E-state index contributed by atoms with van der Waals surface area (Å²) in [5.41, 5.74) is 3.64. The summed E-state index contributed by atoms with van der Waals surface area (Å²) in [4.78, 5) is 23.4. The first-order valence-electron chi connectivity index (χ1n) is 12.8. The molecule has 8 nitrogen and oxygen atoms in total. The molecular weight excluding hydrogens is 485 g/mol. The van der Waals surface area contributed by atoms with Gasteiger partial charge in [0.1, 0.15) is 18.2 Å². The van der Waals surface area contributed by atoms with Crippen LogP contribution >= 0.6 is 0 Å². The van der Waals surface area contributed by atoms with E-state index in [9.17, 15) is 14.3 Å². The van der Waals surface area contributed by atoms with Crippen LogP contribution in [-0.4, -0.2) is 43.6 Å². The molecule has 0 aliphatic carbocycles. The number of carboxylic acids is 1. The van der Waals surface area contributed by atoms with E-state index in [2.05, 4.69) is 9.47 Å². The molecule has 0 amide bonds. The lowest BCUT2D eigenvalue weighted by Crippen LogP contribution is -2.35. The van der Waals surface area contributed by atoms with Crippen molar-refractivity contribution in [3.05, 3.63) is 88.6 Å². The summed E-state index contributed by atoms with van der Waals surface area (Å²) in [6.07, 6.45) is 2.88. The number of nitrogens with zero attached hydrogens (tertiary/aromatic N) is 5. The highest BCUT2D eigenvalue weighted by molar-refractivity contribution is 5.92. The van der Waals surface area contributed by atoms with Gasteiger partial charge in [-0.1, -0.05) is 12.1 Å². The standard InChI is InChI=1S/C29H26FN5O3/c30-22-14-18(16-31)4-5-21(22)17-38-27-3-1-2-23(32-27)19-8-11-34(12-9-19)25-10-13-35-26-15-20(29(36)37)6-7-24(26)33-28(25)35/h1-7,14-15,19,25H,8-13,17H2,(H,36,37). The second kappa shape index (κ2) is 9.88. The maximum atomic E-state index is 14.2. The zero-order chi connectivity index (χ0) is 26.2. The number of nitriles is 1. The molecular formula is C29H26FN5O3. The third-order valence-electron chi connectivity index (χ3n) is 7.64. The van der Waals surface area contributed by atoms with Crippen molar-refractivity contribution in [3.63, 3.8) is 0 Å². The van der Waals surface area contributed by atoms with Gasteiger partial charge in [0, 0.05) is 29.8 Å². The van der Waals surface area contributed by atoms with Crippen LogP contribution in [0.15, 0.2) is 54.6 Å². The molecule has 4 aromatic rings. The largest absolute Gasteiger partial charge is 0.478 e. The molecule has 0 spiro atoms. The van der Waals surface area contributed by atoms with Gasteiger partial charge in [-0.25, -0.2) is 19.2 Å². The first-order chi connectivity index (χ1) is 18.5. The van der Waals surface area contributed by atoms with Crippen molar-refractivity contribution in [3.8, 4) is 11.9 Å². The van der Waals surface area contributed by atoms with Crippen LogP contribution in [0, 0.1) is 17.1 Å². The van der Waals surface area contributed by atoms with Crippen molar-refractivity contribution in [2.75, 3.05) is 13.1 Å². The monoisotopic (exact) mass is 511 g/mol. The Morgan fingerprint density at radius 1 is 1.08 bits per heavy atom. The molecule has 1 saturated heterocycles. The summed E-state index contributed by atoms with van der Waals surface area (Å²) in [6.45, 7) is 2.72. The Hall–Kier alpha value is -4.29. The molecule has 192 valence electrons. The number of rotatable bonds is 6. The topological polar surface area (TPSA) is 104 Å². The normalized spacial score (nSPS) is 17.8. The van der Waals surface area contributed by atoms with Crippen molar-refractivity contribution in [2.45, 2.75) is 44.4 Å². The average Bonchev–Trinajstić information content (AvgIpc) is 3.51. The summed E-state index contributed by atoms with van der Waals surface area (Å²) < 4.78 is 22.1. The Bertz CT molecular complexity index is 1570. The molecule has 1 atom stereocenters. The first-order valence-corrected chi connectivity index (χ1v) is 12.8. The number of carbonyl (C=O) groups is 1. The minimum absolute atomic E-state index is 0.0447. The predicted molar refractivity (Wildman–Crippen MR) is 137 cm³/mol. The molecule has 0 radical (unpaired) electrons. The molecule has 0 saturated carbocycles. The lowest BCUT2D eigenvalue weighted by atomic mass is 9.92. The molecule has 2 aliphatic heterocycles. The third kappa shape index (κ3) is 4.48.